The Kier molecular flexibility index (Phi) is 12.9. The van der Waals surface area contributed by atoms with Gasteiger partial charge in [-0.25, -0.2) is 9.97 Å². The minimum absolute atomic E-state index is 0.601. The number of nitrogens with zero attached hydrogens (tertiary/aromatic N) is 3. The number of hydrogen-bond donors (Lipinski definition) is 0. The second kappa shape index (κ2) is 20.5. The monoisotopic (exact) mass is 935 g/mol. The lowest BCUT2D eigenvalue weighted by Crippen LogP contribution is -2.06. The van der Waals surface area contributed by atoms with Crippen LogP contribution in [0.2, 0.25) is 0 Å². The van der Waals surface area contributed by atoms with Crippen molar-refractivity contribution in [3.63, 3.8) is 0 Å². The summed E-state index contributed by atoms with van der Waals surface area (Å²) in [6, 6.07) is 80.5. The molecule has 0 atom stereocenters. The molecule has 0 spiro atoms. The molecule has 0 saturated heterocycles. The summed E-state index contributed by atoms with van der Waals surface area (Å²) in [6.45, 7) is 12.4. The normalized spacial score (nSPS) is 11.9. The van der Waals surface area contributed by atoms with E-state index in [1.807, 2.05) is 36.4 Å². The quantitative estimate of drug-likeness (QED) is 0.108. The highest BCUT2D eigenvalue weighted by Gasteiger charge is 2.29. The van der Waals surface area contributed by atoms with Gasteiger partial charge in [0, 0.05) is 44.2 Å². The number of allylic oxidation sites excluding steroid dienone is 8. The van der Waals surface area contributed by atoms with E-state index in [0.717, 1.165) is 112 Å². The number of aromatic nitrogens is 3. The Balaban J connectivity index is 1.40. The van der Waals surface area contributed by atoms with Gasteiger partial charge in [0.2, 0.25) is 0 Å². The van der Waals surface area contributed by atoms with Gasteiger partial charge in [0.25, 0.3) is 0 Å². The number of benzene rings is 9. The van der Waals surface area contributed by atoms with Crippen molar-refractivity contribution in [3.8, 4) is 84.0 Å². The maximum absolute atomic E-state index is 5.41. The Morgan fingerprint density at radius 3 is 1.27 bits per heavy atom. The van der Waals surface area contributed by atoms with Gasteiger partial charge >= 0.3 is 0 Å². The summed E-state index contributed by atoms with van der Waals surface area (Å²) in [6.07, 6.45) is 12.1. The van der Waals surface area contributed by atoms with E-state index in [1.54, 1.807) is 6.08 Å². The molecule has 3 heteroatoms. The minimum atomic E-state index is 0.601. The molecule has 0 aliphatic rings. The SMILES string of the molecule is C=C/C=C(\C=C)c1cc(-c2ccccc2)nc(-c2cc(C(/C=C\C)=C/C)c(-n3c4c(-c5ccccc5)ccc(-c5ccccc5)c4c4c(-c5ccccc5)ccc(-c5ccccc5)c43)c(-c3ccccc3)c2)n1. The first-order chi connectivity index (χ1) is 36.1. The zero-order valence-corrected chi connectivity index (χ0v) is 41.1. The van der Waals surface area contributed by atoms with Crippen molar-refractivity contribution >= 4 is 33.0 Å². The molecule has 0 bridgehead atoms. The second-order valence-electron chi connectivity index (χ2n) is 18.0. The second-order valence-corrected chi connectivity index (χ2v) is 18.0. The molecule has 11 aromatic rings. The lowest BCUT2D eigenvalue weighted by Gasteiger charge is -2.23. The zero-order valence-electron chi connectivity index (χ0n) is 41.1. The van der Waals surface area contributed by atoms with Crippen LogP contribution < -0.4 is 0 Å². The van der Waals surface area contributed by atoms with Crippen molar-refractivity contribution in [2.75, 3.05) is 0 Å². The highest BCUT2D eigenvalue weighted by molar-refractivity contribution is 6.26. The van der Waals surface area contributed by atoms with Crippen LogP contribution in [0.3, 0.4) is 0 Å². The van der Waals surface area contributed by atoms with E-state index in [9.17, 15) is 0 Å². The zero-order chi connectivity index (χ0) is 49.7. The molecule has 0 unspecified atom stereocenters. The molecular weight excluding hydrogens is 883 g/mol. The maximum Gasteiger partial charge on any atom is 0.160 e. The number of hydrogen-bond acceptors (Lipinski definition) is 2. The van der Waals surface area contributed by atoms with E-state index in [1.165, 1.54) is 10.8 Å². The maximum atomic E-state index is 5.41. The third-order valence-electron chi connectivity index (χ3n) is 13.6. The van der Waals surface area contributed by atoms with Crippen LogP contribution in [0.1, 0.15) is 25.1 Å². The first-order valence-corrected chi connectivity index (χ1v) is 24.9. The van der Waals surface area contributed by atoms with Gasteiger partial charge in [-0.15, -0.1) is 0 Å². The predicted octanol–water partition coefficient (Wildman–Crippen LogP) is 19.0. The average molecular weight is 936 g/mol. The molecule has 0 N–H and O–H groups in total. The molecule has 2 heterocycles. The third kappa shape index (κ3) is 8.68. The summed E-state index contributed by atoms with van der Waals surface area (Å²) in [5.41, 5.74) is 20.9. The van der Waals surface area contributed by atoms with Gasteiger partial charge in [0.1, 0.15) is 0 Å². The lowest BCUT2D eigenvalue weighted by atomic mass is 9.90. The van der Waals surface area contributed by atoms with Gasteiger partial charge in [0.05, 0.1) is 28.1 Å². The predicted molar refractivity (Wildman–Crippen MR) is 311 cm³/mol. The Bertz CT molecular complexity index is 3760. The molecule has 11 rings (SSSR count). The van der Waals surface area contributed by atoms with Crippen molar-refractivity contribution in [1.29, 1.82) is 0 Å². The molecule has 2 aromatic heterocycles. The summed E-state index contributed by atoms with van der Waals surface area (Å²) in [5, 5.41) is 2.35. The van der Waals surface area contributed by atoms with Crippen LogP contribution in [0, 0.1) is 0 Å². The molecular formula is C70H53N3. The Morgan fingerprint density at radius 2 is 0.849 bits per heavy atom. The fourth-order valence-electron chi connectivity index (χ4n) is 10.4. The van der Waals surface area contributed by atoms with Crippen LogP contribution in [0.25, 0.3) is 117 Å². The van der Waals surface area contributed by atoms with Gasteiger partial charge in [-0.1, -0.05) is 256 Å². The smallest absolute Gasteiger partial charge is 0.160 e. The van der Waals surface area contributed by atoms with E-state index >= 15 is 0 Å². The lowest BCUT2D eigenvalue weighted by molar-refractivity contribution is 1.14. The van der Waals surface area contributed by atoms with Crippen LogP contribution in [0.5, 0.6) is 0 Å². The van der Waals surface area contributed by atoms with Crippen molar-refractivity contribution < 1.29 is 0 Å². The van der Waals surface area contributed by atoms with Crippen LogP contribution in [-0.2, 0) is 0 Å². The number of fused-ring (bicyclic) bond motifs is 3. The highest BCUT2D eigenvalue weighted by Crippen LogP contribution is 2.51. The molecule has 0 saturated carbocycles. The van der Waals surface area contributed by atoms with Crippen LogP contribution in [-0.4, -0.2) is 14.5 Å². The molecule has 9 aromatic carbocycles. The minimum Gasteiger partial charge on any atom is -0.307 e. The van der Waals surface area contributed by atoms with Gasteiger partial charge < -0.3 is 4.57 Å². The summed E-state index contributed by atoms with van der Waals surface area (Å²) in [7, 11) is 0. The molecule has 0 radical (unpaired) electrons. The third-order valence-corrected chi connectivity index (χ3v) is 13.6. The van der Waals surface area contributed by atoms with E-state index < -0.39 is 0 Å². The molecule has 0 aliphatic carbocycles. The van der Waals surface area contributed by atoms with E-state index in [4.69, 9.17) is 9.97 Å². The fraction of sp³-hybridized carbons (Fsp3) is 0.0286. The summed E-state index contributed by atoms with van der Waals surface area (Å²) in [4.78, 5) is 10.8. The Labute approximate surface area is 428 Å². The first-order valence-electron chi connectivity index (χ1n) is 24.9. The molecule has 348 valence electrons. The van der Waals surface area contributed by atoms with Gasteiger partial charge in [0.15, 0.2) is 5.82 Å². The van der Waals surface area contributed by atoms with Gasteiger partial charge in [-0.2, -0.15) is 0 Å². The van der Waals surface area contributed by atoms with Crippen LogP contribution >= 0.6 is 0 Å². The summed E-state index contributed by atoms with van der Waals surface area (Å²) < 4.78 is 2.61. The summed E-state index contributed by atoms with van der Waals surface area (Å²) in [5.74, 6) is 0.601. The van der Waals surface area contributed by atoms with Crippen molar-refractivity contribution in [2.24, 2.45) is 0 Å². The van der Waals surface area contributed by atoms with Crippen LogP contribution in [0.4, 0.5) is 0 Å². The summed E-state index contributed by atoms with van der Waals surface area (Å²) >= 11 is 0. The van der Waals surface area contributed by atoms with Crippen LogP contribution in [0.15, 0.2) is 274 Å². The Hall–Kier alpha value is -9.44. The average Bonchev–Trinajstić information content (AvgIpc) is 3.82. The van der Waals surface area contributed by atoms with E-state index in [2.05, 4.69) is 250 Å². The van der Waals surface area contributed by atoms with Crippen molar-refractivity contribution in [3.05, 3.63) is 285 Å². The Morgan fingerprint density at radius 1 is 0.425 bits per heavy atom. The molecule has 73 heavy (non-hydrogen) atoms. The fourth-order valence-corrected chi connectivity index (χ4v) is 10.4. The van der Waals surface area contributed by atoms with Crippen molar-refractivity contribution in [2.45, 2.75) is 13.8 Å². The standard InChI is InChI=1S/C70H53N3/c1-5-27-48(7-3)61-45-56(70-71-63(49(8-4)28-6-2)47-64(72-70)55-39-25-14-26-40-55)46-62(54-37-23-13-24-38-54)67(61)73-68-59(52-33-19-11-20-34-52)43-41-57(50-29-15-9-16-30-50)65(68)66-58(51-31-17-10-18-32-51)42-44-60(69(66)73)53-35-21-12-22-36-53/h5-47H,2,4H2,1,3H3/b27-5-,48-7+,49-28+. The molecule has 0 fully saturated rings. The largest absolute Gasteiger partial charge is 0.307 e. The van der Waals surface area contributed by atoms with Gasteiger partial charge in [-0.05, 0) is 82.1 Å². The first kappa shape index (κ1) is 46.0. The van der Waals surface area contributed by atoms with Crippen molar-refractivity contribution in [1.82, 2.24) is 14.5 Å². The topological polar surface area (TPSA) is 30.7 Å². The highest BCUT2D eigenvalue weighted by atomic mass is 15.0. The molecule has 0 amide bonds. The van der Waals surface area contributed by atoms with E-state index in [0.29, 0.717) is 5.82 Å². The molecule has 0 aliphatic heterocycles. The van der Waals surface area contributed by atoms with E-state index in [-0.39, 0.29) is 0 Å². The van der Waals surface area contributed by atoms with Gasteiger partial charge in [-0.3, -0.25) is 0 Å². The molecule has 3 nitrogen and oxygen atoms in total. The number of rotatable bonds is 13.